The van der Waals surface area contributed by atoms with E-state index in [1.165, 1.54) is 11.4 Å². The number of anilines is 1. The number of hydrogen-bond donors (Lipinski definition) is 0. The molecule has 2 aromatic carbocycles. The molecule has 7 nitrogen and oxygen atoms in total. The fourth-order valence-corrected chi connectivity index (χ4v) is 7.51. The largest absolute Gasteiger partial charge is 0.497 e. The Labute approximate surface area is 188 Å². The lowest BCUT2D eigenvalue weighted by atomic mass is 9.68. The van der Waals surface area contributed by atoms with Gasteiger partial charge >= 0.3 is 5.97 Å². The number of rotatable bonds is 5. The van der Waals surface area contributed by atoms with Crippen LogP contribution in [0.15, 0.2) is 66.1 Å². The molecule has 0 spiro atoms. The van der Waals surface area contributed by atoms with E-state index in [-0.39, 0.29) is 28.9 Å². The molecule has 3 aliphatic heterocycles. The zero-order valence-electron chi connectivity index (χ0n) is 18.0. The molecule has 168 valence electrons. The second-order valence-corrected chi connectivity index (χ2v) is 10.2. The summed E-state index contributed by atoms with van der Waals surface area (Å²) in [6, 6.07) is 13.1. The van der Waals surface area contributed by atoms with Gasteiger partial charge in [-0.05, 0) is 48.9 Å². The Hall–Kier alpha value is -2.84. The molecule has 2 saturated heterocycles. The average molecular weight is 455 g/mol. The van der Waals surface area contributed by atoms with Gasteiger partial charge in [0, 0.05) is 18.0 Å². The summed E-state index contributed by atoms with van der Waals surface area (Å²) in [6.07, 6.45) is 2.54. The first kappa shape index (κ1) is 21.0. The van der Waals surface area contributed by atoms with E-state index in [9.17, 15) is 13.2 Å². The fraction of sp³-hybridized carbons (Fsp3) is 0.375. The zero-order chi connectivity index (χ0) is 22.6. The average Bonchev–Trinajstić information content (AvgIpc) is 3.13. The van der Waals surface area contributed by atoms with E-state index in [2.05, 4.69) is 11.5 Å². The van der Waals surface area contributed by atoms with E-state index in [0.717, 1.165) is 18.5 Å². The summed E-state index contributed by atoms with van der Waals surface area (Å²) in [4.78, 5) is 15.1. The van der Waals surface area contributed by atoms with E-state index in [1.807, 2.05) is 12.1 Å². The third kappa shape index (κ3) is 2.82. The van der Waals surface area contributed by atoms with Crippen LogP contribution in [0.4, 0.5) is 5.69 Å². The van der Waals surface area contributed by atoms with E-state index in [4.69, 9.17) is 9.47 Å². The molecule has 0 radical (unpaired) electrons. The van der Waals surface area contributed by atoms with Crippen LogP contribution in [0.2, 0.25) is 0 Å². The Bertz CT molecular complexity index is 1170. The summed E-state index contributed by atoms with van der Waals surface area (Å²) in [5, 5.41) is 0. The highest BCUT2D eigenvalue weighted by Crippen LogP contribution is 2.55. The highest BCUT2D eigenvalue weighted by Gasteiger charge is 2.63. The molecule has 0 saturated carbocycles. The van der Waals surface area contributed by atoms with Gasteiger partial charge in [-0.1, -0.05) is 24.3 Å². The van der Waals surface area contributed by atoms with Gasteiger partial charge in [-0.15, -0.1) is 6.58 Å². The van der Waals surface area contributed by atoms with Crippen molar-refractivity contribution in [1.82, 2.24) is 4.90 Å². The van der Waals surface area contributed by atoms with Gasteiger partial charge in [0.15, 0.2) is 0 Å². The predicted molar refractivity (Wildman–Crippen MR) is 120 cm³/mol. The zero-order valence-corrected chi connectivity index (χ0v) is 18.9. The van der Waals surface area contributed by atoms with Gasteiger partial charge in [-0.25, -0.2) is 8.42 Å². The van der Waals surface area contributed by atoms with Crippen molar-refractivity contribution in [1.29, 1.82) is 0 Å². The van der Waals surface area contributed by atoms with Crippen LogP contribution in [0.5, 0.6) is 5.75 Å². The molecule has 2 fully saturated rings. The maximum absolute atomic E-state index is 13.9. The summed E-state index contributed by atoms with van der Waals surface area (Å²) in [5.74, 6) is -0.152. The van der Waals surface area contributed by atoms with Crippen molar-refractivity contribution >= 4 is 21.7 Å². The summed E-state index contributed by atoms with van der Waals surface area (Å²) < 4.78 is 39.9. The van der Waals surface area contributed by atoms with Crippen molar-refractivity contribution in [3.05, 3.63) is 66.7 Å². The van der Waals surface area contributed by atoms with Gasteiger partial charge in [0.1, 0.15) is 5.75 Å². The maximum atomic E-state index is 13.9. The van der Waals surface area contributed by atoms with Gasteiger partial charge in [-0.2, -0.15) is 0 Å². The highest BCUT2D eigenvalue weighted by atomic mass is 32.2. The van der Waals surface area contributed by atoms with E-state index < -0.39 is 22.0 Å². The van der Waals surface area contributed by atoms with Crippen LogP contribution in [0, 0.1) is 5.92 Å². The van der Waals surface area contributed by atoms with Crippen LogP contribution in [0.3, 0.4) is 0 Å². The van der Waals surface area contributed by atoms with Crippen LogP contribution in [-0.2, 0) is 19.6 Å². The summed E-state index contributed by atoms with van der Waals surface area (Å²) in [7, 11) is -0.883. The minimum Gasteiger partial charge on any atom is -0.497 e. The van der Waals surface area contributed by atoms with Crippen molar-refractivity contribution in [3.63, 3.8) is 0 Å². The topological polar surface area (TPSA) is 76.2 Å². The number of hydrogen-bond acceptors (Lipinski definition) is 6. The first-order chi connectivity index (χ1) is 15.4. The smallest absolute Gasteiger partial charge is 0.312 e. The molecule has 2 aromatic rings. The van der Waals surface area contributed by atoms with Crippen molar-refractivity contribution in [2.75, 3.05) is 25.1 Å². The number of nitrogens with zero attached hydrogens (tertiary/aromatic N) is 2. The first-order valence-electron chi connectivity index (χ1n) is 10.7. The Morgan fingerprint density at radius 2 is 1.88 bits per heavy atom. The van der Waals surface area contributed by atoms with Gasteiger partial charge in [0.2, 0.25) is 0 Å². The maximum Gasteiger partial charge on any atom is 0.312 e. The Balaban J connectivity index is 1.67. The quantitative estimate of drug-likeness (QED) is 0.511. The van der Waals surface area contributed by atoms with Gasteiger partial charge in [-0.3, -0.25) is 14.0 Å². The number of carbonyl (C=O) groups is 1. The molecular weight excluding hydrogens is 428 g/mol. The number of fused-ring (bicyclic) bond motifs is 5. The Morgan fingerprint density at radius 1 is 1.12 bits per heavy atom. The standard InChI is InChI=1S/C24H26N2O5S/c1-4-19-21(24(27)31-3)23-22-17(12-13-25(19)23)18-14-15(30-2)10-11-20(18)26(22)32(28,29)16-8-6-5-7-9-16/h4-11,14,17,19,21-23H,1,12-13H2,2-3H3/t17?,19-,21+,22?,23+/m1/s1. The minimum atomic E-state index is -3.86. The normalized spacial score (nSPS) is 28.7. The molecule has 0 bridgehead atoms. The molecule has 2 unspecified atom stereocenters. The van der Waals surface area contributed by atoms with Crippen LogP contribution < -0.4 is 9.04 Å². The molecule has 0 amide bonds. The Morgan fingerprint density at radius 3 is 2.53 bits per heavy atom. The van der Waals surface area contributed by atoms with Gasteiger partial charge in [0.05, 0.1) is 36.8 Å². The molecule has 3 heterocycles. The molecule has 0 N–H and O–H groups in total. The van der Waals surface area contributed by atoms with E-state index in [1.54, 1.807) is 49.6 Å². The molecule has 3 aliphatic rings. The number of carbonyl (C=O) groups excluding carboxylic acids is 1. The molecular formula is C24H26N2O5S. The van der Waals surface area contributed by atoms with E-state index >= 15 is 0 Å². The van der Waals surface area contributed by atoms with Crippen LogP contribution in [0.25, 0.3) is 0 Å². The number of methoxy groups -OCH3 is 2. The number of piperidine rings is 1. The summed E-state index contributed by atoms with van der Waals surface area (Å²) in [5.41, 5.74) is 1.59. The van der Waals surface area contributed by atoms with Crippen molar-refractivity contribution in [2.24, 2.45) is 5.92 Å². The van der Waals surface area contributed by atoms with Gasteiger partial charge in [0.25, 0.3) is 10.0 Å². The number of benzene rings is 2. The summed E-state index contributed by atoms with van der Waals surface area (Å²) >= 11 is 0. The lowest BCUT2D eigenvalue weighted by Gasteiger charge is -2.59. The van der Waals surface area contributed by atoms with Crippen LogP contribution in [0.1, 0.15) is 17.9 Å². The van der Waals surface area contributed by atoms with Crippen LogP contribution in [-0.4, -0.2) is 58.2 Å². The molecule has 8 heteroatoms. The lowest BCUT2D eigenvalue weighted by Crippen LogP contribution is -2.74. The first-order valence-corrected chi connectivity index (χ1v) is 12.1. The van der Waals surface area contributed by atoms with E-state index in [0.29, 0.717) is 11.4 Å². The summed E-state index contributed by atoms with van der Waals surface area (Å²) in [6.45, 7) is 4.66. The highest BCUT2D eigenvalue weighted by molar-refractivity contribution is 7.92. The van der Waals surface area contributed by atoms with Crippen molar-refractivity contribution in [3.8, 4) is 5.75 Å². The lowest BCUT2D eigenvalue weighted by molar-refractivity contribution is -0.165. The predicted octanol–water partition coefficient (Wildman–Crippen LogP) is 2.79. The number of esters is 1. The van der Waals surface area contributed by atoms with Crippen molar-refractivity contribution in [2.45, 2.75) is 35.4 Å². The molecule has 32 heavy (non-hydrogen) atoms. The second-order valence-electron chi connectivity index (χ2n) is 8.43. The number of sulfonamides is 1. The fourth-order valence-electron chi connectivity index (χ4n) is 5.77. The molecule has 5 atom stereocenters. The minimum absolute atomic E-state index is 0.0437. The monoisotopic (exact) mass is 454 g/mol. The molecule has 0 aliphatic carbocycles. The molecule has 0 aromatic heterocycles. The third-order valence-corrected chi connectivity index (χ3v) is 8.95. The molecule has 5 rings (SSSR count). The van der Waals surface area contributed by atoms with Gasteiger partial charge < -0.3 is 9.47 Å². The number of ether oxygens (including phenoxy) is 2. The SMILES string of the molecule is C=C[C@@H]1[C@H](C(=O)OC)[C@H]2C3C(CCN12)c1cc(OC)ccc1N3S(=O)(=O)c1ccccc1. The van der Waals surface area contributed by atoms with Crippen molar-refractivity contribution < 1.29 is 22.7 Å². The Kier molecular flexibility index (Phi) is 5.02. The third-order valence-electron chi connectivity index (χ3n) is 7.12. The van der Waals surface area contributed by atoms with Crippen LogP contribution >= 0.6 is 0 Å². The second kappa shape index (κ2) is 7.64.